The number of aromatic nitrogens is 1. The summed E-state index contributed by atoms with van der Waals surface area (Å²) in [7, 11) is 0. The second-order valence-electron chi connectivity index (χ2n) is 8.98. The van der Waals surface area contributed by atoms with Gasteiger partial charge in [-0.2, -0.15) is 13.2 Å². The van der Waals surface area contributed by atoms with Crippen molar-refractivity contribution in [3.63, 3.8) is 0 Å². The Balaban J connectivity index is 1.46. The summed E-state index contributed by atoms with van der Waals surface area (Å²) in [4.78, 5) is 39.4. The number of nitrogens with one attached hydrogen (secondary N) is 1. The normalized spacial score (nSPS) is 11.4. The van der Waals surface area contributed by atoms with E-state index in [0.717, 1.165) is 6.07 Å². The molecule has 0 bridgehead atoms. The third-order valence-electron chi connectivity index (χ3n) is 6.13. The van der Waals surface area contributed by atoms with Gasteiger partial charge in [0.2, 0.25) is 0 Å². The second kappa shape index (κ2) is 11.0. The predicted octanol–water partition coefficient (Wildman–Crippen LogP) is 6.72. The minimum atomic E-state index is -4.77. The number of furan rings is 1. The number of benzene rings is 2. The van der Waals surface area contributed by atoms with Crippen molar-refractivity contribution >= 4 is 44.7 Å². The van der Waals surface area contributed by atoms with E-state index in [1.54, 1.807) is 37.3 Å². The number of nitrogens with two attached hydrogens (primary N) is 1. The fourth-order valence-corrected chi connectivity index (χ4v) is 5.22. The Morgan fingerprint density at radius 3 is 2.50 bits per heavy atom. The predicted molar refractivity (Wildman–Crippen MR) is 147 cm³/mol. The van der Waals surface area contributed by atoms with Crippen LogP contribution >= 0.6 is 11.3 Å². The van der Waals surface area contributed by atoms with E-state index in [1.165, 1.54) is 30.3 Å². The number of thiophene rings is 1. The van der Waals surface area contributed by atoms with Gasteiger partial charge in [0.1, 0.15) is 33.5 Å². The van der Waals surface area contributed by atoms with E-state index in [9.17, 15) is 32.9 Å². The molecule has 0 unspecified atom stereocenters. The number of nitro groups is 1. The monoisotopic (exact) mass is 596 g/mol. The lowest BCUT2D eigenvalue weighted by molar-refractivity contribution is -0.385. The molecule has 0 saturated heterocycles. The van der Waals surface area contributed by atoms with Crippen LogP contribution in [0.15, 0.2) is 71.1 Å². The Hall–Kier alpha value is -5.24. The molecule has 0 radical (unpaired) electrons. The van der Waals surface area contributed by atoms with E-state index in [-0.39, 0.29) is 50.2 Å². The van der Waals surface area contributed by atoms with Gasteiger partial charge in [0.25, 0.3) is 17.5 Å². The molecule has 0 aliphatic heterocycles. The number of anilines is 1. The number of carbonyl (C=O) groups is 2. The van der Waals surface area contributed by atoms with Gasteiger partial charge in [-0.05, 0) is 48.4 Å². The number of aryl methyl sites for hydroxylation is 1. The van der Waals surface area contributed by atoms with E-state index >= 15 is 0 Å². The number of halogens is 3. The summed E-state index contributed by atoms with van der Waals surface area (Å²) in [6, 6.07) is 16.1. The number of hydrogen-bond donors (Lipinski definition) is 2. The lowest BCUT2D eigenvalue weighted by Gasteiger charge is -2.12. The number of carbonyl (C=O) groups excluding carboxylic acids is 2. The van der Waals surface area contributed by atoms with Crippen LogP contribution in [0.5, 0.6) is 5.75 Å². The molecule has 42 heavy (non-hydrogen) atoms. The van der Waals surface area contributed by atoms with Crippen molar-refractivity contribution in [2.24, 2.45) is 5.73 Å². The molecule has 214 valence electrons. The molecule has 0 aliphatic carbocycles. The van der Waals surface area contributed by atoms with Gasteiger partial charge in [0, 0.05) is 17.0 Å². The molecule has 14 heteroatoms. The summed E-state index contributed by atoms with van der Waals surface area (Å²) in [5.74, 6) is -1.36. The fraction of sp³-hybridized carbons (Fsp3) is 0.107. The zero-order valence-corrected chi connectivity index (χ0v) is 22.3. The molecule has 2 aromatic carbocycles. The van der Waals surface area contributed by atoms with Gasteiger partial charge in [0.15, 0.2) is 5.76 Å². The van der Waals surface area contributed by atoms with Crippen LogP contribution in [0.25, 0.3) is 21.3 Å². The molecular formula is C28H19F3N4O6S. The maximum absolute atomic E-state index is 13.7. The molecule has 3 aromatic heterocycles. The molecule has 0 saturated carbocycles. The summed E-state index contributed by atoms with van der Waals surface area (Å²) in [6.45, 7) is 1.46. The standard InChI is InChI=1S/C28H19F3N4O6S/c1-14-11-16(7-9-19(14)35(38)39)40-13-17-8-10-20(41-17)26(37)34-23-22-18(15-5-3-2-4-6-15)12-21(28(29,30)31)33-27(22)42-24(23)25(32)36/h2-12H,13H2,1H3,(H2,32,36)(H,34,37). The molecule has 5 rings (SSSR count). The number of alkyl halides is 3. The smallest absolute Gasteiger partial charge is 0.433 e. The van der Waals surface area contributed by atoms with Gasteiger partial charge < -0.3 is 20.2 Å². The third-order valence-corrected chi connectivity index (χ3v) is 7.23. The number of nitrogens with zero attached hydrogens (tertiary/aromatic N) is 2. The number of rotatable bonds is 8. The first-order valence-corrected chi connectivity index (χ1v) is 12.9. The van der Waals surface area contributed by atoms with Crippen molar-refractivity contribution in [2.75, 3.05) is 5.32 Å². The molecule has 0 atom stereocenters. The van der Waals surface area contributed by atoms with E-state index in [4.69, 9.17) is 14.9 Å². The first kappa shape index (κ1) is 28.3. The Morgan fingerprint density at radius 1 is 1.12 bits per heavy atom. The second-order valence-corrected chi connectivity index (χ2v) is 9.98. The van der Waals surface area contributed by atoms with Gasteiger partial charge in [-0.1, -0.05) is 30.3 Å². The van der Waals surface area contributed by atoms with Crippen LogP contribution in [0.3, 0.4) is 0 Å². The highest BCUT2D eigenvalue weighted by atomic mass is 32.1. The van der Waals surface area contributed by atoms with Crippen molar-refractivity contribution < 1.29 is 36.8 Å². The van der Waals surface area contributed by atoms with Gasteiger partial charge >= 0.3 is 6.18 Å². The molecule has 0 spiro atoms. The van der Waals surface area contributed by atoms with Crippen molar-refractivity contribution in [1.82, 2.24) is 4.98 Å². The van der Waals surface area contributed by atoms with Crippen LogP contribution in [0.1, 0.15) is 37.2 Å². The van der Waals surface area contributed by atoms with Gasteiger partial charge in [-0.25, -0.2) is 4.98 Å². The van der Waals surface area contributed by atoms with Gasteiger partial charge in [0.05, 0.1) is 10.6 Å². The Kier molecular flexibility index (Phi) is 7.39. The van der Waals surface area contributed by atoms with E-state index in [0.29, 0.717) is 28.2 Å². The number of fused-ring (bicyclic) bond motifs is 1. The van der Waals surface area contributed by atoms with Crippen molar-refractivity contribution in [3.05, 3.63) is 104 Å². The maximum Gasteiger partial charge on any atom is 0.433 e. The quantitative estimate of drug-likeness (QED) is 0.149. The summed E-state index contributed by atoms with van der Waals surface area (Å²) in [6.07, 6.45) is -4.77. The average molecular weight is 597 g/mol. The summed E-state index contributed by atoms with van der Waals surface area (Å²) in [5.41, 5.74) is 5.11. The van der Waals surface area contributed by atoms with Crippen molar-refractivity contribution in [1.29, 1.82) is 0 Å². The first-order chi connectivity index (χ1) is 19.9. The number of amides is 2. The first-order valence-electron chi connectivity index (χ1n) is 12.1. The molecule has 3 N–H and O–H groups in total. The van der Waals surface area contributed by atoms with Crippen molar-refractivity contribution in [2.45, 2.75) is 19.7 Å². The number of pyridine rings is 1. The van der Waals surface area contributed by atoms with Crippen LogP contribution in [-0.2, 0) is 12.8 Å². The van der Waals surface area contributed by atoms with E-state index in [2.05, 4.69) is 10.3 Å². The Morgan fingerprint density at radius 2 is 1.86 bits per heavy atom. The van der Waals surface area contributed by atoms with Crippen LogP contribution in [-0.4, -0.2) is 21.7 Å². The molecular weight excluding hydrogens is 577 g/mol. The number of primary amides is 1. The number of ether oxygens (including phenoxy) is 1. The Labute approximate surface area is 238 Å². The molecule has 3 heterocycles. The number of hydrogen-bond acceptors (Lipinski definition) is 8. The highest BCUT2D eigenvalue weighted by Gasteiger charge is 2.35. The third kappa shape index (κ3) is 5.65. The summed E-state index contributed by atoms with van der Waals surface area (Å²) in [5, 5.41) is 13.7. The molecule has 2 amide bonds. The van der Waals surface area contributed by atoms with Crippen molar-refractivity contribution in [3.8, 4) is 16.9 Å². The minimum absolute atomic E-state index is 0.0594. The van der Waals surface area contributed by atoms with Crippen LogP contribution < -0.4 is 15.8 Å². The molecule has 0 fully saturated rings. The lowest BCUT2D eigenvalue weighted by atomic mass is 10.0. The van der Waals surface area contributed by atoms with E-state index in [1.807, 2.05) is 0 Å². The molecule has 10 nitrogen and oxygen atoms in total. The topological polar surface area (TPSA) is 151 Å². The minimum Gasteiger partial charge on any atom is -0.486 e. The molecule has 5 aromatic rings. The maximum atomic E-state index is 13.7. The van der Waals surface area contributed by atoms with E-state index < -0.39 is 28.6 Å². The number of nitro benzene ring substituents is 1. The zero-order valence-electron chi connectivity index (χ0n) is 21.5. The largest absolute Gasteiger partial charge is 0.486 e. The SMILES string of the molecule is Cc1cc(OCc2ccc(C(=O)Nc3c(C(N)=O)sc4nc(C(F)(F)F)cc(-c5ccccc5)c34)o2)ccc1[N+](=O)[O-]. The highest BCUT2D eigenvalue weighted by Crippen LogP contribution is 2.43. The van der Waals surface area contributed by atoms with Gasteiger partial charge in [-0.3, -0.25) is 19.7 Å². The van der Waals surface area contributed by atoms with Crippen LogP contribution in [0.2, 0.25) is 0 Å². The highest BCUT2D eigenvalue weighted by molar-refractivity contribution is 7.21. The fourth-order valence-electron chi connectivity index (χ4n) is 4.21. The average Bonchev–Trinajstić information content (AvgIpc) is 3.56. The van der Waals surface area contributed by atoms with Gasteiger partial charge in [-0.15, -0.1) is 11.3 Å². The lowest BCUT2D eigenvalue weighted by Crippen LogP contribution is -2.16. The van der Waals surface area contributed by atoms with Crippen LogP contribution in [0.4, 0.5) is 24.5 Å². The Bertz CT molecular complexity index is 1850. The zero-order chi connectivity index (χ0) is 30.2. The summed E-state index contributed by atoms with van der Waals surface area (Å²) < 4.78 is 52.2. The van der Waals surface area contributed by atoms with Crippen LogP contribution in [0, 0.1) is 17.0 Å². The summed E-state index contributed by atoms with van der Waals surface area (Å²) >= 11 is 0.630. The molecule has 0 aliphatic rings.